The number of urea groups is 1. The molecule has 28 heavy (non-hydrogen) atoms. The zero-order chi connectivity index (χ0) is 20.9. The summed E-state index contributed by atoms with van der Waals surface area (Å²) in [7, 11) is 0. The third kappa shape index (κ3) is 6.47. The number of halogens is 2. The predicted octanol–water partition coefficient (Wildman–Crippen LogP) is 2.24. The van der Waals surface area contributed by atoms with E-state index in [0.29, 0.717) is 32.0 Å². The Morgan fingerprint density at radius 1 is 1.11 bits per heavy atom. The number of nitrogens with one attached hydrogen (secondary N) is 3. The molecule has 1 aliphatic rings. The molecule has 1 saturated heterocycles. The number of carbonyl (C=O) groups is 3. The average Bonchev–Trinajstić information content (AvgIpc) is 2.61. The molecular formula is C19H26F2N4O3. The van der Waals surface area contributed by atoms with Gasteiger partial charge in [-0.25, -0.2) is 13.6 Å². The van der Waals surface area contributed by atoms with Crippen molar-refractivity contribution < 1.29 is 23.2 Å². The summed E-state index contributed by atoms with van der Waals surface area (Å²) in [4.78, 5) is 37.6. The summed E-state index contributed by atoms with van der Waals surface area (Å²) in [5.41, 5.74) is -0.570. The lowest BCUT2D eigenvalue weighted by Crippen LogP contribution is -2.51. The fourth-order valence-electron chi connectivity index (χ4n) is 2.83. The highest BCUT2D eigenvalue weighted by molar-refractivity contribution is 6.39. The molecule has 0 aliphatic carbocycles. The molecule has 0 atom stereocenters. The van der Waals surface area contributed by atoms with Gasteiger partial charge in [0, 0.05) is 31.2 Å². The first-order valence-corrected chi connectivity index (χ1v) is 9.16. The van der Waals surface area contributed by atoms with Crippen LogP contribution in [0.4, 0.5) is 19.3 Å². The number of amides is 4. The fraction of sp³-hybridized carbons (Fsp3) is 0.526. The molecule has 0 radical (unpaired) electrons. The van der Waals surface area contributed by atoms with E-state index in [2.05, 4.69) is 16.0 Å². The van der Waals surface area contributed by atoms with E-state index in [1.807, 2.05) is 20.8 Å². The molecule has 0 unspecified atom stereocenters. The monoisotopic (exact) mass is 396 g/mol. The molecule has 2 rings (SSSR count). The lowest BCUT2D eigenvalue weighted by Gasteiger charge is -2.34. The van der Waals surface area contributed by atoms with Gasteiger partial charge in [-0.05, 0) is 51.7 Å². The first-order valence-electron chi connectivity index (χ1n) is 9.16. The Kier molecular flexibility index (Phi) is 6.93. The highest BCUT2D eigenvalue weighted by Crippen LogP contribution is 2.17. The minimum absolute atomic E-state index is 0.115. The van der Waals surface area contributed by atoms with Crippen LogP contribution in [0.3, 0.4) is 0 Å². The second-order valence-electron chi connectivity index (χ2n) is 7.90. The molecule has 0 spiro atoms. The van der Waals surface area contributed by atoms with E-state index >= 15 is 0 Å². The summed E-state index contributed by atoms with van der Waals surface area (Å²) < 4.78 is 26.4. The molecule has 4 amide bonds. The van der Waals surface area contributed by atoms with Crippen LogP contribution >= 0.6 is 0 Å². The molecular weight excluding hydrogens is 370 g/mol. The van der Waals surface area contributed by atoms with Gasteiger partial charge in [-0.3, -0.25) is 9.59 Å². The molecule has 0 bridgehead atoms. The van der Waals surface area contributed by atoms with E-state index < -0.39 is 23.4 Å². The third-order valence-corrected chi connectivity index (χ3v) is 4.32. The Balaban J connectivity index is 1.75. The predicted molar refractivity (Wildman–Crippen MR) is 101 cm³/mol. The Bertz CT molecular complexity index is 741. The number of hydrogen-bond donors (Lipinski definition) is 3. The van der Waals surface area contributed by atoms with Crippen LogP contribution in [-0.4, -0.2) is 47.9 Å². The maximum Gasteiger partial charge on any atom is 0.317 e. The molecule has 154 valence electrons. The summed E-state index contributed by atoms with van der Waals surface area (Å²) in [5, 5.41) is 7.54. The quantitative estimate of drug-likeness (QED) is 0.685. The minimum atomic E-state index is -1.02. The van der Waals surface area contributed by atoms with E-state index in [0.717, 1.165) is 12.1 Å². The number of hydrogen-bond acceptors (Lipinski definition) is 3. The van der Waals surface area contributed by atoms with Crippen molar-refractivity contribution in [2.24, 2.45) is 5.92 Å². The van der Waals surface area contributed by atoms with Crippen LogP contribution in [0.2, 0.25) is 0 Å². The van der Waals surface area contributed by atoms with Gasteiger partial charge in [0.1, 0.15) is 11.6 Å². The number of nitrogens with zero attached hydrogens (tertiary/aromatic N) is 1. The Hall–Kier alpha value is -2.71. The molecule has 3 N–H and O–H groups in total. The van der Waals surface area contributed by atoms with Gasteiger partial charge in [0.2, 0.25) is 0 Å². The summed E-state index contributed by atoms with van der Waals surface area (Å²) in [6.45, 7) is 7.15. The van der Waals surface area contributed by atoms with Gasteiger partial charge >= 0.3 is 17.8 Å². The van der Waals surface area contributed by atoms with E-state index in [-0.39, 0.29) is 29.7 Å². The second-order valence-corrected chi connectivity index (χ2v) is 7.90. The Morgan fingerprint density at radius 2 is 1.75 bits per heavy atom. The molecule has 1 heterocycles. The second kappa shape index (κ2) is 8.99. The zero-order valence-corrected chi connectivity index (χ0v) is 16.3. The highest BCUT2D eigenvalue weighted by Gasteiger charge is 2.26. The van der Waals surface area contributed by atoms with Gasteiger partial charge in [0.05, 0.1) is 5.69 Å². The summed E-state index contributed by atoms with van der Waals surface area (Å²) >= 11 is 0. The lowest BCUT2D eigenvalue weighted by atomic mass is 9.97. The Labute approximate surface area is 162 Å². The molecule has 1 aromatic rings. The number of carbonyl (C=O) groups excluding carboxylic acids is 3. The smallest absolute Gasteiger partial charge is 0.317 e. The van der Waals surface area contributed by atoms with Gasteiger partial charge in [0.25, 0.3) is 0 Å². The summed E-state index contributed by atoms with van der Waals surface area (Å²) in [6, 6.07) is 2.54. The number of anilines is 1. The van der Waals surface area contributed by atoms with Crippen LogP contribution in [0, 0.1) is 17.6 Å². The van der Waals surface area contributed by atoms with Crippen molar-refractivity contribution in [1.82, 2.24) is 15.5 Å². The van der Waals surface area contributed by atoms with Crippen LogP contribution in [0.1, 0.15) is 33.6 Å². The van der Waals surface area contributed by atoms with Gasteiger partial charge in [-0.1, -0.05) is 0 Å². The Morgan fingerprint density at radius 3 is 2.32 bits per heavy atom. The minimum Gasteiger partial charge on any atom is -0.348 e. The van der Waals surface area contributed by atoms with Gasteiger partial charge in [-0.15, -0.1) is 0 Å². The van der Waals surface area contributed by atoms with Crippen LogP contribution in [0.15, 0.2) is 18.2 Å². The number of piperidine rings is 1. The first kappa shape index (κ1) is 21.6. The van der Waals surface area contributed by atoms with Crippen LogP contribution in [0.5, 0.6) is 0 Å². The summed E-state index contributed by atoms with van der Waals surface area (Å²) in [6.07, 6.45) is 1.40. The number of rotatable bonds is 3. The van der Waals surface area contributed by atoms with Crippen molar-refractivity contribution in [3.63, 3.8) is 0 Å². The largest absolute Gasteiger partial charge is 0.348 e. The van der Waals surface area contributed by atoms with Crippen LogP contribution in [-0.2, 0) is 9.59 Å². The number of benzene rings is 1. The van der Waals surface area contributed by atoms with Gasteiger partial charge < -0.3 is 20.9 Å². The third-order valence-electron chi connectivity index (χ3n) is 4.32. The molecule has 1 aromatic carbocycles. The SMILES string of the molecule is CC(C)(C)NC(=O)N1CCC(CNC(=O)C(=O)Nc2ccc(F)cc2F)CC1. The van der Waals surface area contributed by atoms with Crippen LogP contribution < -0.4 is 16.0 Å². The maximum atomic E-state index is 13.5. The first-order chi connectivity index (χ1) is 13.0. The number of likely N-dealkylation sites (tertiary alicyclic amines) is 1. The van der Waals surface area contributed by atoms with Gasteiger partial charge in [-0.2, -0.15) is 0 Å². The van der Waals surface area contributed by atoms with E-state index in [1.165, 1.54) is 0 Å². The normalized spacial score (nSPS) is 15.1. The van der Waals surface area contributed by atoms with Crippen molar-refractivity contribution in [2.75, 3.05) is 25.0 Å². The molecule has 1 aliphatic heterocycles. The average molecular weight is 396 g/mol. The molecule has 9 heteroatoms. The van der Waals surface area contributed by atoms with E-state index in [9.17, 15) is 23.2 Å². The van der Waals surface area contributed by atoms with E-state index in [4.69, 9.17) is 0 Å². The van der Waals surface area contributed by atoms with Crippen LogP contribution in [0.25, 0.3) is 0 Å². The molecule has 0 aromatic heterocycles. The molecule has 0 saturated carbocycles. The molecule has 1 fully saturated rings. The summed E-state index contributed by atoms with van der Waals surface area (Å²) in [5.74, 6) is -3.51. The molecule has 7 nitrogen and oxygen atoms in total. The zero-order valence-electron chi connectivity index (χ0n) is 16.3. The van der Waals surface area contributed by atoms with Crippen molar-refractivity contribution in [2.45, 2.75) is 39.2 Å². The van der Waals surface area contributed by atoms with Crippen molar-refractivity contribution in [3.8, 4) is 0 Å². The van der Waals surface area contributed by atoms with Crippen molar-refractivity contribution >= 4 is 23.5 Å². The topological polar surface area (TPSA) is 90.5 Å². The van der Waals surface area contributed by atoms with Crippen molar-refractivity contribution in [1.29, 1.82) is 0 Å². The maximum absolute atomic E-state index is 13.5. The van der Waals surface area contributed by atoms with E-state index in [1.54, 1.807) is 4.90 Å². The standard InChI is InChI=1S/C19H26F2N4O3/c1-19(2,3)24-18(28)25-8-6-12(7-9-25)11-22-16(26)17(27)23-15-5-4-13(20)10-14(15)21/h4-5,10,12H,6-9,11H2,1-3H3,(H,22,26)(H,23,27)(H,24,28). The lowest BCUT2D eigenvalue weighted by molar-refractivity contribution is -0.136. The fourth-order valence-corrected chi connectivity index (χ4v) is 2.83. The highest BCUT2D eigenvalue weighted by atomic mass is 19.1. The van der Waals surface area contributed by atoms with Gasteiger partial charge in [0.15, 0.2) is 0 Å². The van der Waals surface area contributed by atoms with Crippen molar-refractivity contribution in [3.05, 3.63) is 29.8 Å².